The molecule has 1 N–H and O–H groups in total. The molecule has 0 spiro atoms. The lowest BCUT2D eigenvalue weighted by Crippen LogP contribution is -1.99. The van der Waals surface area contributed by atoms with Crippen LogP contribution in [0.2, 0.25) is 0 Å². The molecular formula is C10H4F3NO2. The Morgan fingerprint density at radius 1 is 1.25 bits per heavy atom. The van der Waals surface area contributed by atoms with E-state index in [0.29, 0.717) is 12.1 Å². The number of nitrogens with zero attached hydrogens (tertiary/aromatic N) is 1. The van der Waals surface area contributed by atoms with Crippen LogP contribution in [0.5, 0.6) is 0 Å². The highest BCUT2D eigenvalue weighted by atomic mass is 19.2. The Kier molecular flexibility index (Phi) is 3.30. The SMILES string of the molecule is N#C/C(=C\c1cc(F)c(F)cc1F)C(=O)O. The van der Waals surface area contributed by atoms with Crippen molar-refractivity contribution in [2.45, 2.75) is 0 Å². The van der Waals surface area contributed by atoms with Gasteiger partial charge in [-0.05, 0) is 12.1 Å². The molecule has 0 aliphatic rings. The van der Waals surface area contributed by atoms with Gasteiger partial charge in [0, 0.05) is 11.6 Å². The third-order valence-electron chi connectivity index (χ3n) is 1.69. The molecule has 0 aliphatic heterocycles. The minimum Gasteiger partial charge on any atom is -0.477 e. The summed E-state index contributed by atoms with van der Waals surface area (Å²) in [7, 11) is 0. The van der Waals surface area contributed by atoms with Crippen molar-refractivity contribution in [3.8, 4) is 6.07 Å². The van der Waals surface area contributed by atoms with Gasteiger partial charge in [-0.15, -0.1) is 0 Å². The van der Waals surface area contributed by atoms with Crippen molar-refractivity contribution < 1.29 is 23.1 Å². The summed E-state index contributed by atoms with van der Waals surface area (Å²) in [6.07, 6.45) is 0.625. The predicted octanol–water partition coefficient (Wildman–Crippen LogP) is 2.10. The largest absolute Gasteiger partial charge is 0.477 e. The first kappa shape index (κ1) is 11.8. The van der Waals surface area contributed by atoms with Gasteiger partial charge in [0.05, 0.1) is 0 Å². The fourth-order valence-corrected chi connectivity index (χ4v) is 0.946. The Bertz CT molecular complexity index is 518. The number of rotatable bonds is 2. The van der Waals surface area contributed by atoms with Crippen LogP contribution in [0, 0.1) is 28.8 Å². The summed E-state index contributed by atoms with van der Waals surface area (Å²) < 4.78 is 38.3. The number of halogens is 3. The van der Waals surface area contributed by atoms with Crippen LogP contribution in [-0.4, -0.2) is 11.1 Å². The highest BCUT2D eigenvalue weighted by molar-refractivity contribution is 5.96. The summed E-state index contributed by atoms with van der Waals surface area (Å²) in [6.45, 7) is 0. The van der Waals surface area contributed by atoms with Crippen molar-refractivity contribution in [1.82, 2.24) is 0 Å². The van der Waals surface area contributed by atoms with E-state index in [1.807, 2.05) is 0 Å². The number of nitriles is 1. The Balaban J connectivity index is 3.31. The van der Waals surface area contributed by atoms with Crippen molar-refractivity contribution in [3.63, 3.8) is 0 Å². The number of hydrogen-bond acceptors (Lipinski definition) is 2. The molecule has 1 rings (SSSR count). The van der Waals surface area contributed by atoms with Crippen LogP contribution in [0.3, 0.4) is 0 Å². The third-order valence-corrected chi connectivity index (χ3v) is 1.69. The van der Waals surface area contributed by atoms with Crippen molar-refractivity contribution >= 4 is 12.0 Å². The Hall–Kier alpha value is -2.29. The Morgan fingerprint density at radius 3 is 2.31 bits per heavy atom. The third kappa shape index (κ3) is 2.39. The number of carboxylic acid groups (broad SMARTS) is 1. The van der Waals surface area contributed by atoms with Gasteiger partial charge in [-0.1, -0.05) is 0 Å². The van der Waals surface area contributed by atoms with Crippen LogP contribution >= 0.6 is 0 Å². The molecule has 0 aliphatic carbocycles. The normalized spacial score (nSPS) is 11.0. The first-order valence-corrected chi connectivity index (χ1v) is 3.95. The van der Waals surface area contributed by atoms with Gasteiger partial charge < -0.3 is 5.11 Å². The summed E-state index contributed by atoms with van der Waals surface area (Å²) in [5.74, 6) is -5.43. The standard InChI is InChI=1S/C10H4F3NO2/c11-7-3-9(13)8(12)2-5(7)1-6(4-14)10(15)16/h1-3H,(H,15,16)/b6-1+. The zero-order valence-corrected chi connectivity index (χ0v) is 7.67. The molecule has 0 saturated heterocycles. The van der Waals surface area contributed by atoms with E-state index in [1.165, 1.54) is 6.07 Å². The molecule has 0 unspecified atom stereocenters. The lowest BCUT2D eigenvalue weighted by molar-refractivity contribution is -0.132. The molecule has 0 heterocycles. The molecule has 0 amide bonds. The fraction of sp³-hybridized carbons (Fsp3) is 0. The van der Waals surface area contributed by atoms with Crippen molar-refractivity contribution in [3.05, 3.63) is 40.7 Å². The van der Waals surface area contributed by atoms with Crippen molar-refractivity contribution in [2.75, 3.05) is 0 Å². The Labute approximate surface area is 88.0 Å². The summed E-state index contributed by atoms with van der Waals surface area (Å²) >= 11 is 0. The highest BCUT2D eigenvalue weighted by Crippen LogP contribution is 2.16. The molecule has 3 nitrogen and oxygen atoms in total. The zero-order chi connectivity index (χ0) is 12.3. The van der Waals surface area contributed by atoms with E-state index in [0.717, 1.165) is 0 Å². The first-order chi connectivity index (χ1) is 7.45. The second-order valence-electron chi connectivity index (χ2n) is 2.76. The molecule has 1 aromatic carbocycles. The summed E-state index contributed by atoms with van der Waals surface area (Å²) in [5.41, 5.74) is -1.28. The van der Waals surface area contributed by atoms with E-state index in [1.54, 1.807) is 0 Å². The molecule has 0 atom stereocenters. The van der Waals surface area contributed by atoms with Gasteiger partial charge in [-0.25, -0.2) is 18.0 Å². The maximum Gasteiger partial charge on any atom is 0.346 e. The van der Waals surface area contributed by atoms with Crippen LogP contribution in [0.25, 0.3) is 6.08 Å². The van der Waals surface area contributed by atoms with E-state index in [-0.39, 0.29) is 6.07 Å². The van der Waals surface area contributed by atoms with E-state index in [4.69, 9.17) is 10.4 Å². The van der Waals surface area contributed by atoms with Gasteiger partial charge in [-0.3, -0.25) is 0 Å². The van der Waals surface area contributed by atoms with E-state index >= 15 is 0 Å². The molecule has 1 aromatic rings. The smallest absolute Gasteiger partial charge is 0.346 e. The highest BCUT2D eigenvalue weighted by Gasteiger charge is 2.11. The van der Waals surface area contributed by atoms with Gasteiger partial charge in [0.2, 0.25) is 0 Å². The summed E-state index contributed by atoms with van der Waals surface area (Å²) in [5, 5.41) is 16.9. The molecule has 0 fully saturated rings. The number of carboxylic acids is 1. The molecule has 16 heavy (non-hydrogen) atoms. The summed E-state index contributed by atoms with van der Waals surface area (Å²) in [4.78, 5) is 10.4. The van der Waals surface area contributed by atoms with Crippen LogP contribution < -0.4 is 0 Å². The molecule has 0 radical (unpaired) electrons. The topological polar surface area (TPSA) is 61.1 Å². The average Bonchev–Trinajstić information content (AvgIpc) is 2.21. The molecule has 0 aromatic heterocycles. The average molecular weight is 227 g/mol. The van der Waals surface area contributed by atoms with Crippen LogP contribution in [0.15, 0.2) is 17.7 Å². The molecule has 82 valence electrons. The quantitative estimate of drug-likeness (QED) is 0.478. The monoisotopic (exact) mass is 227 g/mol. The number of benzene rings is 1. The maximum absolute atomic E-state index is 13.0. The van der Waals surface area contributed by atoms with E-state index in [9.17, 15) is 18.0 Å². The summed E-state index contributed by atoms with van der Waals surface area (Å²) in [6, 6.07) is 2.04. The predicted molar refractivity (Wildman–Crippen MR) is 47.5 cm³/mol. The van der Waals surface area contributed by atoms with Gasteiger partial charge in [0.1, 0.15) is 17.5 Å². The van der Waals surface area contributed by atoms with Gasteiger partial charge >= 0.3 is 5.97 Å². The number of carbonyl (C=O) groups is 1. The maximum atomic E-state index is 13.0. The number of hydrogen-bond donors (Lipinski definition) is 1. The lowest BCUT2D eigenvalue weighted by atomic mass is 10.1. The van der Waals surface area contributed by atoms with E-state index < -0.39 is 34.6 Å². The van der Waals surface area contributed by atoms with Crippen LogP contribution in [0.4, 0.5) is 13.2 Å². The lowest BCUT2D eigenvalue weighted by Gasteiger charge is -1.99. The van der Waals surface area contributed by atoms with Crippen molar-refractivity contribution in [1.29, 1.82) is 5.26 Å². The fourth-order valence-electron chi connectivity index (χ4n) is 0.946. The first-order valence-electron chi connectivity index (χ1n) is 3.95. The van der Waals surface area contributed by atoms with Crippen LogP contribution in [-0.2, 0) is 4.79 Å². The van der Waals surface area contributed by atoms with Crippen molar-refractivity contribution in [2.24, 2.45) is 0 Å². The van der Waals surface area contributed by atoms with Gasteiger partial charge in [0.25, 0.3) is 0 Å². The molecule has 0 bridgehead atoms. The second kappa shape index (κ2) is 4.49. The van der Waals surface area contributed by atoms with E-state index in [2.05, 4.69) is 0 Å². The van der Waals surface area contributed by atoms with Gasteiger partial charge in [-0.2, -0.15) is 5.26 Å². The molecule has 6 heteroatoms. The van der Waals surface area contributed by atoms with Crippen LogP contribution in [0.1, 0.15) is 5.56 Å². The Morgan fingerprint density at radius 2 is 1.81 bits per heavy atom. The van der Waals surface area contributed by atoms with Gasteiger partial charge in [0.15, 0.2) is 11.6 Å². The number of aliphatic carboxylic acids is 1. The minimum absolute atomic E-state index is 0.276. The molecule has 0 saturated carbocycles. The zero-order valence-electron chi connectivity index (χ0n) is 7.67. The molecular weight excluding hydrogens is 223 g/mol. The second-order valence-corrected chi connectivity index (χ2v) is 2.76. The minimum atomic E-state index is -1.58.